The lowest BCUT2D eigenvalue weighted by molar-refractivity contribution is 0.195. The van der Waals surface area contributed by atoms with Gasteiger partial charge in [-0.3, -0.25) is 0 Å². The van der Waals surface area contributed by atoms with Gasteiger partial charge in [0.25, 0.3) is 0 Å². The van der Waals surface area contributed by atoms with Gasteiger partial charge < -0.3 is 9.84 Å². The van der Waals surface area contributed by atoms with Crippen molar-refractivity contribution in [2.24, 2.45) is 0 Å². The molecule has 19 heavy (non-hydrogen) atoms. The molecule has 3 heteroatoms. The van der Waals surface area contributed by atoms with E-state index in [1.165, 1.54) is 12.1 Å². The molecule has 2 aromatic carbocycles. The van der Waals surface area contributed by atoms with E-state index in [1.54, 1.807) is 13.0 Å². The SMILES string of the molecule is Cc1cccc(Oc2ccc(F)cc2[C@H](C)O)c1C. The smallest absolute Gasteiger partial charge is 0.133 e. The lowest BCUT2D eigenvalue weighted by atomic mass is 10.1. The third kappa shape index (κ3) is 2.93. The van der Waals surface area contributed by atoms with E-state index < -0.39 is 6.10 Å². The lowest BCUT2D eigenvalue weighted by Crippen LogP contribution is -1.98. The van der Waals surface area contributed by atoms with Crippen LogP contribution < -0.4 is 4.74 Å². The first kappa shape index (κ1) is 13.6. The van der Waals surface area contributed by atoms with E-state index >= 15 is 0 Å². The van der Waals surface area contributed by atoms with Crippen LogP contribution >= 0.6 is 0 Å². The van der Waals surface area contributed by atoms with Crippen molar-refractivity contribution in [2.45, 2.75) is 26.9 Å². The highest BCUT2D eigenvalue weighted by Crippen LogP contribution is 2.32. The van der Waals surface area contributed by atoms with Crippen molar-refractivity contribution in [3.8, 4) is 11.5 Å². The number of aliphatic hydroxyl groups excluding tert-OH is 1. The maximum absolute atomic E-state index is 13.2. The fourth-order valence-corrected chi connectivity index (χ4v) is 1.89. The van der Waals surface area contributed by atoms with Gasteiger partial charge in [-0.05, 0) is 56.2 Å². The molecule has 2 rings (SSSR count). The Kier molecular flexibility index (Phi) is 3.86. The molecule has 0 aliphatic heterocycles. The Morgan fingerprint density at radius 1 is 1.11 bits per heavy atom. The van der Waals surface area contributed by atoms with Gasteiger partial charge in [-0.25, -0.2) is 4.39 Å². The van der Waals surface area contributed by atoms with Crippen LogP contribution in [-0.4, -0.2) is 5.11 Å². The normalized spacial score (nSPS) is 12.3. The summed E-state index contributed by atoms with van der Waals surface area (Å²) in [4.78, 5) is 0. The van der Waals surface area contributed by atoms with E-state index in [9.17, 15) is 9.50 Å². The summed E-state index contributed by atoms with van der Waals surface area (Å²) in [5.74, 6) is 0.808. The molecule has 0 unspecified atom stereocenters. The van der Waals surface area contributed by atoms with Gasteiger partial charge in [-0.1, -0.05) is 12.1 Å². The number of ether oxygens (including phenoxy) is 1. The lowest BCUT2D eigenvalue weighted by Gasteiger charge is -2.15. The first-order chi connectivity index (χ1) is 8.99. The quantitative estimate of drug-likeness (QED) is 0.892. The molecule has 0 fully saturated rings. The third-order valence-corrected chi connectivity index (χ3v) is 3.20. The van der Waals surface area contributed by atoms with Gasteiger partial charge in [0.2, 0.25) is 0 Å². The number of aryl methyl sites for hydroxylation is 1. The molecule has 1 atom stereocenters. The van der Waals surface area contributed by atoms with Crippen LogP contribution in [0.2, 0.25) is 0 Å². The van der Waals surface area contributed by atoms with Crippen LogP contribution in [0.3, 0.4) is 0 Å². The second-order valence-electron chi connectivity index (χ2n) is 4.66. The Labute approximate surface area is 112 Å². The molecule has 0 spiro atoms. The number of aliphatic hydroxyl groups is 1. The molecule has 0 bridgehead atoms. The highest BCUT2D eigenvalue weighted by atomic mass is 19.1. The molecule has 2 aromatic rings. The van der Waals surface area contributed by atoms with Gasteiger partial charge in [0.05, 0.1) is 6.10 Å². The van der Waals surface area contributed by atoms with Crippen LogP contribution in [0.5, 0.6) is 11.5 Å². The van der Waals surface area contributed by atoms with E-state index in [2.05, 4.69) is 0 Å². The van der Waals surface area contributed by atoms with Gasteiger partial charge in [0.1, 0.15) is 17.3 Å². The predicted molar refractivity (Wildman–Crippen MR) is 73.0 cm³/mol. The second-order valence-corrected chi connectivity index (χ2v) is 4.66. The second kappa shape index (κ2) is 5.41. The molecule has 100 valence electrons. The summed E-state index contributed by atoms with van der Waals surface area (Å²) in [7, 11) is 0. The molecule has 0 amide bonds. The minimum Gasteiger partial charge on any atom is -0.457 e. The van der Waals surface area contributed by atoms with E-state index in [1.807, 2.05) is 32.0 Å². The maximum atomic E-state index is 13.2. The van der Waals surface area contributed by atoms with Gasteiger partial charge in [-0.2, -0.15) is 0 Å². The maximum Gasteiger partial charge on any atom is 0.133 e. The molecule has 0 aliphatic rings. The van der Waals surface area contributed by atoms with Gasteiger partial charge in [-0.15, -0.1) is 0 Å². The number of halogens is 1. The van der Waals surface area contributed by atoms with Crippen molar-refractivity contribution in [3.05, 3.63) is 58.9 Å². The molecule has 0 saturated carbocycles. The van der Waals surface area contributed by atoms with Crippen LogP contribution in [-0.2, 0) is 0 Å². The van der Waals surface area contributed by atoms with Crippen molar-refractivity contribution in [3.63, 3.8) is 0 Å². The van der Waals surface area contributed by atoms with Crippen LogP contribution in [0.4, 0.5) is 4.39 Å². The van der Waals surface area contributed by atoms with Gasteiger partial charge >= 0.3 is 0 Å². The zero-order chi connectivity index (χ0) is 14.0. The van der Waals surface area contributed by atoms with Crippen molar-refractivity contribution >= 4 is 0 Å². The number of benzene rings is 2. The van der Waals surface area contributed by atoms with Gasteiger partial charge in [0, 0.05) is 5.56 Å². The van der Waals surface area contributed by atoms with Crippen molar-refractivity contribution in [1.82, 2.24) is 0 Å². The van der Waals surface area contributed by atoms with Crippen LogP contribution in [0.15, 0.2) is 36.4 Å². The average molecular weight is 260 g/mol. The highest BCUT2D eigenvalue weighted by Gasteiger charge is 2.12. The molecular formula is C16H17FO2. The monoisotopic (exact) mass is 260 g/mol. The third-order valence-electron chi connectivity index (χ3n) is 3.20. The van der Waals surface area contributed by atoms with Crippen molar-refractivity contribution in [2.75, 3.05) is 0 Å². The Morgan fingerprint density at radius 3 is 2.53 bits per heavy atom. The van der Waals surface area contributed by atoms with E-state index in [4.69, 9.17) is 4.74 Å². The predicted octanol–water partition coefficient (Wildman–Crippen LogP) is 4.29. The Morgan fingerprint density at radius 2 is 1.84 bits per heavy atom. The Balaban J connectivity index is 2.41. The summed E-state index contributed by atoms with van der Waals surface area (Å²) in [5, 5.41) is 9.68. The van der Waals surface area contributed by atoms with E-state index in [0.717, 1.165) is 11.1 Å². The minimum atomic E-state index is -0.782. The molecular weight excluding hydrogens is 243 g/mol. The Hall–Kier alpha value is -1.87. The summed E-state index contributed by atoms with van der Waals surface area (Å²) in [6.45, 7) is 5.56. The Bertz CT molecular complexity index is 591. The molecule has 0 aliphatic carbocycles. The fraction of sp³-hybridized carbons (Fsp3) is 0.250. The summed E-state index contributed by atoms with van der Waals surface area (Å²) in [6.07, 6.45) is -0.782. The van der Waals surface area contributed by atoms with Crippen LogP contribution in [0.1, 0.15) is 29.7 Å². The van der Waals surface area contributed by atoms with Crippen molar-refractivity contribution < 1.29 is 14.2 Å². The van der Waals surface area contributed by atoms with E-state index in [0.29, 0.717) is 17.1 Å². The molecule has 0 heterocycles. The summed E-state index contributed by atoms with van der Waals surface area (Å²) < 4.78 is 19.0. The van der Waals surface area contributed by atoms with Crippen molar-refractivity contribution in [1.29, 1.82) is 0 Å². The summed E-state index contributed by atoms with van der Waals surface area (Å²) in [5.41, 5.74) is 2.60. The van der Waals surface area contributed by atoms with Crippen LogP contribution in [0.25, 0.3) is 0 Å². The molecule has 1 N–H and O–H groups in total. The number of hydrogen-bond donors (Lipinski definition) is 1. The standard InChI is InChI=1S/C16H17FO2/c1-10-5-4-6-15(11(10)2)19-16-8-7-13(17)9-14(16)12(3)18/h4-9,12,18H,1-3H3/t12-/m0/s1. The molecule has 0 aromatic heterocycles. The van der Waals surface area contributed by atoms with E-state index in [-0.39, 0.29) is 5.82 Å². The minimum absolute atomic E-state index is 0.385. The molecule has 0 radical (unpaired) electrons. The highest BCUT2D eigenvalue weighted by molar-refractivity contribution is 5.44. The number of rotatable bonds is 3. The topological polar surface area (TPSA) is 29.5 Å². The zero-order valence-electron chi connectivity index (χ0n) is 11.3. The molecule has 0 saturated heterocycles. The summed E-state index contributed by atoms with van der Waals surface area (Å²) >= 11 is 0. The number of hydrogen-bond acceptors (Lipinski definition) is 2. The average Bonchev–Trinajstić information content (AvgIpc) is 2.36. The largest absolute Gasteiger partial charge is 0.457 e. The zero-order valence-corrected chi connectivity index (χ0v) is 11.3. The van der Waals surface area contributed by atoms with Gasteiger partial charge in [0.15, 0.2) is 0 Å². The molecule has 2 nitrogen and oxygen atoms in total. The first-order valence-electron chi connectivity index (χ1n) is 6.20. The van der Waals surface area contributed by atoms with Crippen LogP contribution in [0, 0.1) is 19.7 Å². The first-order valence-corrected chi connectivity index (χ1v) is 6.20. The summed E-state index contributed by atoms with van der Waals surface area (Å²) in [6, 6.07) is 9.93. The fourth-order valence-electron chi connectivity index (χ4n) is 1.89.